The monoisotopic (exact) mass is 235 g/mol. The number of hydrogen-bond donors (Lipinski definition) is 3. The molecular formula is C9H11ClFNO3. The smallest absolute Gasteiger partial charge is 0.231 e. The van der Waals surface area contributed by atoms with Gasteiger partial charge in [-0.05, 0) is 12.5 Å². The quantitative estimate of drug-likeness (QED) is 0.670. The Morgan fingerprint density at radius 2 is 2.13 bits per heavy atom. The first kappa shape index (κ1) is 12.3. The van der Waals surface area contributed by atoms with Crippen LogP contribution < -0.4 is 0 Å². The molecule has 84 valence electrons. The highest BCUT2D eigenvalue weighted by molar-refractivity contribution is 6.30. The Hall–Kier alpha value is -0.750. The molecule has 0 bridgehead atoms. The van der Waals surface area contributed by atoms with Crippen molar-refractivity contribution in [3.8, 4) is 0 Å². The van der Waals surface area contributed by atoms with Gasteiger partial charge in [0.2, 0.25) is 5.95 Å². The number of aromatic nitrogens is 1. The molecule has 0 aliphatic heterocycles. The zero-order valence-electron chi connectivity index (χ0n) is 7.77. The first-order valence-corrected chi connectivity index (χ1v) is 4.72. The summed E-state index contributed by atoms with van der Waals surface area (Å²) in [6, 6.07) is 1.19. The number of nitrogens with zero attached hydrogens (tertiary/aromatic N) is 1. The fourth-order valence-electron chi connectivity index (χ4n) is 1.11. The van der Waals surface area contributed by atoms with Crippen molar-refractivity contribution in [2.45, 2.75) is 18.6 Å². The van der Waals surface area contributed by atoms with E-state index in [0.717, 1.165) is 6.20 Å². The summed E-state index contributed by atoms with van der Waals surface area (Å²) in [7, 11) is 0. The SMILES string of the molecule is OCCC(O)C(O)c1cnc(F)c(Cl)c1. The summed E-state index contributed by atoms with van der Waals surface area (Å²) in [4.78, 5) is 3.31. The molecule has 0 saturated heterocycles. The van der Waals surface area contributed by atoms with Gasteiger partial charge in [0.05, 0.1) is 11.1 Å². The van der Waals surface area contributed by atoms with Crippen molar-refractivity contribution in [1.82, 2.24) is 4.98 Å². The molecular weight excluding hydrogens is 225 g/mol. The number of aliphatic hydroxyl groups excluding tert-OH is 3. The van der Waals surface area contributed by atoms with Crippen molar-refractivity contribution in [2.75, 3.05) is 6.61 Å². The van der Waals surface area contributed by atoms with E-state index in [1.807, 2.05) is 0 Å². The van der Waals surface area contributed by atoms with Gasteiger partial charge in [-0.3, -0.25) is 0 Å². The molecule has 0 fully saturated rings. The van der Waals surface area contributed by atoms with Gasteiger partial charge in [-0.25, -0.2) is 4.98 Å². The van der Waals surface area contributed by atoms with Crippen molar-refractivity contribution < 1.29 is 19.7 Å². The standard InChI is InChI=1S/C9H11ClFNO3/c10-6-3-5(4-12-9(6)11)8(15)7(14)1-2-13/h3-4,7-8,13-15H,1-2H2. The highest BCUT2D eigenvalue weighted by Crippen LogP contribution is 2.22. The largest absolute Gasteiger partial charge is 0.396 e. The van der Waals surface area contributed by atoms with Crippen LogP contribution in [0.5, 0.6) is 0 Å². The van der Waals surface area contributed by atoms with Crippen LogP contribution >= 0.6 is 11.6 Å². The molecule has 4 nitrogen and oxygen atoms in total. The van der Waals surface area contributed by atoms with Gasteiger partial charge >= 0.3 is 0 Å². The van der Waals surface area contributed by atoms with Gasteiger partial charge in [-0.15, -0.1) is 0 Å². The van der Waals surface area contributed by atoms with E-state index in [1.165, 1.54) is 6.07 Å². The van der Waals surface area contributed by atoms with Gasteiger partial charge in [-0.2, -0.15) is 4.39 Å². The van der Waals surface area contributed by atoms with Crippen LogP contribution in [0.4, 0.5) is 4.39 Å². The molecule has 0 aliphatic rings. The third-order valence-corrected chi connectivity index (χ3v) is 2.21. The Bertz CT molecular complexity index is 337. The fourth-order valence-corrected chi connectivity index (χ4v) is 1.28. The molecule has 2 unspecified atom stereocenters. The summed E-state index contributed by atoms with van der Waals surface area (Å²) in [5.74, 6) is -0.829. The van der Waals surface area contributed by atoms with Crippen LogP contribution in [0.25, 0.3) is 0 Å². The summed E-state index contributed by atoms with van der Waals surface area (Å²) in [5, 5.41) is 27.2. The molecule has 15 heavy (non-hydrogen) atoms. The summed E-state index contributed by atoms with van der Waals surface area (Å²) >= 11 is 5.46. The van der Waals surface area contributed by atoms with Crippen LogP contribution in [0.2, 0.25) is 5.02 Å². The predicted octanol–water partition coefficient (Wildman–Crippen LogP) is 0.651. The third-order valence-electron chi connectivity index (χ3n) is 1.95. The average molecular weight is 236 g/mol. The van der Waals surface area contributed by atoms with Gasteiger partial charge < -0.3 is 15.3 Å². The maximum absolute atomic E-state index is 12.7. The zero-order chi connectivity index (χ0) is 11.4. The topological polar surface area (TPSA) is 73.6 Å². The lowest BCUT2D eigenvalue weighted by atomic mass is 10.0. The number of halogens is 2. The number of rotatable bonds is 4. The lowest BCUT2D eigenvalue weighted by Crippen LogP contribution is -2.19. The molecule has 0 saturated carbocycles. The molecule has 6 heteroatoms. The molecule has 1 aromatic heterocycles. The molecule has 3 N–H and O–H groups in total. The van der Waals surface area contributed by atoms with Gasteiger partial charge in [-0.1, -0.05) is 11.6 Å². The zero-order valence-corrected chi connectivity index (χ0v) is 8.52. The minimum absolute atomic E-state index is 0.0240. The van der Waals surface area contributed by atoms with E-state index in [-0.39, 0.29) is 23.6 Å². The average Bonchev–Trinajstić information content (AvgIpc) is 2.21. The van der Waals surface area contributed by atoms with Gasteiger partial charge in [0, 0.05) is 18.4 Å². The summed E-state index contributed by atoms with van der Waals surface area (Å²) in [5.41, 5.74) is 0.211. The van der Waals surface area contributed by atoms with E-state index in [2.05, 4.69) is 4.98 Å². The summed E-state index contributed by atoms with van der Waals surface area (Å²) < 4.78 is 12.7. The van der Waals surface area contributed by atoms with E-state index in [9.17, 15) is 14.6 Å². The maximum Gasteiger partial charge on any atom is 0.231 e. The fraction of sp³-hybridized carbons (Fsp3) is 0.444. The lowest BCUT2D eigenvalue weighted by molar-refractivity contribution is 0.00398. The molecule has 2 atom stereocenters. The van der Waals surface area contributed by atoms with E-state index in [1.54, 1.807) is 0 Å². The summed E-state index contributed by atoms with van der Waals surface area (Å²) in [6.07, 6.45) is -1.25. The second-order valence-electron chi connectivity index (χ2n) is 3.07. The van der Waals surface area contributed by atoms with Crippen molar-refractivity contribution in [2.24, 2.45) is 0 Å². The van der Waals surface area contributed by atoms with Crippen molar-refractivity contribution in [3.05, 3.63) is 28.8 Å². The molecule has 0 amide bonds. The highest BCUT2D eigenvalue weighted by Gasteiger charge is 2.19. The third kappa shape index (κ3) is 3.10. The first-order chi connectivity index (χ1) is 7.06. The summed E-state index contributed by atoms with van der Waals surface area (Å²) in [6.45, 7) is -0.249. The second kappa shape index (κ2) is 5.37. The number of pyridine rings is 1. The molecule has 0 spiro atoms. The highest BCUT2D eigenvalue weighted by atomic mass is 35.5. The Morgan fingerprint density at radius 1 is 1.47 bits per heavy atom. The minimum Gasteiger partial charge on any atom is -0.396 e. The van der Waals surface area contributed by atoms with Crippen LogP contribution in [0.1, 0.15) is 18.1 Å². The van der Waals surface area contributed by atoms with Crippen molar-refractivity contribution in [1.29, 1.82) is 0 Å². The molecule has 1 rings (SSSR count). The Kier molecular flexibility index (Phi) is 4.41. The predicted molar refractivity (Wildman–Crippen MR) is 51.9 cm³/mol. The number of hydrogen-bond acceptors (Lipinski definition) is 4. The van der Waals surface area contributed by atoms with Crippen LogP contribution in [-0.4, -0.2) is 33.0 Å². The Labute approximate surface area is 91.0 Å². The minimum atomic E-state index is -1.23. The van der Waals surface area contributed by atoms with Crippen LogP contribution in [0.15, 0.2) is 12.3 Å². The normalized spacial score (nSPS) is 15.0. The van der Waals surface area contributed by atoms with Gasteiger partial charge in [0.15, 0.2) is 0 Å². The first-order valence-electron chi connectivity index (χ1n) is 4.34. The molecule has 0 aromatic carbocycles. The van der Waals surface area contributed by atoms with Gasteiger partial charge in [0.1, 0.15) is 6.10 Å². The second-order valence-corrected chi connectivity index (χ2v) is 3.47. The maximum atomic E-state index is 12.7. The van der Waals surface area contributed by atoms with E-state index >= 15 is 0 Å². The van der Waals surface area contributed by atoms with E-state index in [0.29, 0.717) is 0 Å². The molecule has 0 aliphatic carbocycles. The number of aliphatic hydroxyl groups is 3. The molecule has 1 heterocycles. The van der Waals surface area contributed by atoms with Gasteiger partial charge in [0.25, 0.3) is 0 Å². The Morgan fingerprint density at radius 3 is 2.67 bits per heavy atom. The molecule has 1 aromatic rings. The molecule has 0 radical (unpaired) electrons. The van der Waals surface area contributed by atoms with Crippen LogP contribution in [0, 0.1) is 5.95 Å². The van der Waals surface area contributed by atoms with E-state index in [4.69, 9.17) is 16.7 Å². The van der Waals surface area contributed by atoms with Crippen molar-refractivity contribution >= 4 is 11.6 Å². The lowest BCUT2D eigenvalue weighted by Gasteiger charge is -2.16. The van der Waals surface area contributed by atoms with E-state index < -0.39 is 18.2 Å². The Balaban J connectivity index is 2.81. The van der Waals surface area contributed by atoms with Crippen molar-refractivity contribution in [3.63, 3.8) is 0 Å². The van der Waals surface area contributed by atoms with Crippen LogP contribution in [-0.2, 0) is 0 Å². The van der Waals surface area contributed by atoms with Crippen LogP contribution in [0.3, 0.4) is 0 Å².